The smallest absolute Gasteiger partial charge is 0.203 e. The lowest BCUT2D eigenvalue weighted by Gasteiger charge is -2.21. The van der Waals surface area contributed by atoms with Crippen molar-refractivity contribution in [2.75, 3.05) is 20.8 Å². The fourth-order valence-electron chi connectivity index (χ4n) is 1.92. The van der Waals surface area contributed by atoms with E-state index >= 15 is 0 Å². The van der Waals surface area contributed by atoms with Crippen LogP contribution < -0.4 is 14.8 Å². The third-order valence-electron chi connectivity index (χ3n) is 2.71. The molecule has 0 aliphatic carbocycles. The number of phenolic OH excluding ortho intramolecular Hbond substituents is 1. The van der Waals surface area contributed by atoms with Gasteiger partial charge in [0.25, 0.3) is 0 Å². The molecule has 0 unspecified atom stereocenters. The first-order valence-electron chi connectivity index (χ1n) is 4.94. The zero-order chi connectivity index (χ0) is 10.8. The van der Waals surface area contributed by atoms with E-state index < -0.39 is 0 Å². The van der Waals surface area contributed by atoms with Gasteiger partial charge in [-0.2, -0.15) is 0 Å². The number of methoxy groups -OCH3 is 2. The van der Waals surface area contributed by atoms with E-state index in [1.165, 1.54) is 7.11 Å². The number of rotatable bonds is 2. The van der Waals surface area contributed by atoms with Crippen molar-refractivity contribution >= 4 is 12.4 Å². The van der Waals surface area contributed by atoms with E-state index in [-0.39, 0.29) is 29.1 Å². The van der Waals surface area contributed by atoms with Crippen molar-refractivity contribution < 1.29 is 25.5 Å². The molecule has 18 heavy (non-hydrogen) atoms. The molecule has 0 amide bonds. The summed E-state index contributed by atoms with van der Waals surface area (Å²) in [5.41, 5.74) is 2.04. The quantitative estimate of drug-likeness (QED) is 0.783. The van der Waals surface area contributed by atoms with Gasteiger partial charge in [0.15, 0.2) is 11.5 Å². The van der Waals surface area contributed by atoms with Crippen LogP contribution in [0.5, 0.6) is 17.2 Å². The summed E-state index contributed by atoms with van der Waals surface area (Å²) in [6, 6.07) is 1.94. The molecule has 1 aromatic carbocycles. The summed E-state index contributed by atoms with van der Waals surface area (Å²) >= 11 is 0. The molecule has 0 spiro atoms. The summed E-state index contributed by atoms with van der Waals surface area (Å²) in [5.74, 6) is 1.20. The molecule has 0 aromatic heterocycles. The molecule has 0 saturated carbocycles. The number of benzene rings is 1. The van der Waals surface area contributed by atoms with Crippen LogP contribution in [0.4, 0.5) is 0 Å². The lowest BCUT2D eigenvalue weighted by atomic mass is 9.99. The molecule has 1 aliphatic heterocycles. The largest absolute Gasteiger partial charge is 0.504 e. The molecule has 1 heterocycles. The third kappa shape index (κ3) is 3.17. The number of fused-ring (bicyclic) bond motifs is 1. The first kappa shape index (κ1) is 19.1. The van der Waals surface area contributed by atoms with Crippen LogP contribution in [0.15, 0.2) is 6.07 Å². The molecule has 0 radical (unpaired) electrons. The normalized spacial score (nSPS) is 12.1. The monoisotopic (exact) mass is 281 g/mol. The zero-order valence-corrected chi connectivity index (χ0v) is 11.2. The standard InChI is InChI=1S/C11H15NO3.ClH.2H2O/c1-14-9-5-7-3-4-12-6-8(7)10(13)11(9)15-2;;;/h5,12-13H,3-4,6H2,1-2H3;1H;2*1H2. The molecule has 7 heteroatoms. The Hall–Kier alpha value is -1.21. The molecule has 6 nitrogen and oxygen atoms in total. The van der Waals surface area contributed by atoms with Crippen molar-refractivity contribution in [3.63, 3.8) is 0 Å². The molecule has 0 fully saturated rings. The number of hydrogen-bond acceptors (Lipinski definition) is 4. The molecule has 6 N–H and O–H groups in total. The molecule has 0 atom stereocenters. The number of phenols is 1. The van der Waals surface area contributed by atoms with Crippen LogP contribution in [-0.4, -0.2) is 36.8 Å². The van der Waals surface area contributed by atoms with Crippen LogP contribution in [0.3, 0.4) is 0 Å². The highest BCUT2D eigenvalue weighted by atomic mass is 35.5. The van der Waals surface area contributed by atoms with Gasteiger partial charge in [-0.25, -0.2) is 0 Å². The molecular formula is C11H20ClNO5. The van der Waals surface area contributed by atoms with Crippen molar-refractivity contribution in [1.29, 1.82) is 0 Å². The fraction of sp³-hybridized carbons (Fsp3) is 0.455. The summed E-state index contributed by atoms with van der Waals surface area (Å²) in [6.45, 7) is 1.61. The van der Waals surface area contributed by atoms with Gasteiger partial charge in [0.1, 0.15) is 0 Å². The number of aromatic hydroxyl groups is 1. The summed E-state index contributed by atoms with van der Waals surface area (Å²) in [5, 5.41) is 13.2. The van der Waals surface area contributed by atoms with Gasteiger partial charge >= 0.3 is 0 Å². The van der Waals surface area contributed by atoms with Gasteiger partial charge in [0, 0.05) is 12.1 Å². The Bertz CT molecular complexity index is 372. The van der Waals surface area contributed by atoms with E-state index in [1.807, 2.05) is 6.07 Å². The zero-order valence-electron chi connectivity index (χ0n) is 10.4. The van der Waals surface area contributed by atoms with Gasteiger partial charge in [-0.15, -0.1) is 12.4 Å². The van der Waals surface area contributed by atoms with E-state index in [4.69, 9.17) is 9.47 Å². The predicted octanol–water partition coefficient (Wildman–Crippen LogP) is -0.173. The Morgan fingerprint density at radius 3 is 2.44 bits per heavy atom. The number of nitrogens with one attached hydrogen (secondary N) is 1. The van der Waals surface area contributed by atoms with Gasteiger partial charge in [-0.1, -0.05) is 0 Å². The van der Waals surface area contributed by atoms with Crippen molar-refractivity contribution in [1.82, 2.24) is 5.32 Å². The molecule has 0 bridgehead atoms. The van der Waals surface area contributed by atoms with E-state index in [1.54, 1.807) is 7.11 Å². The maximum Gasteiger partial charge on any atom is 0.203 e. The van der Waals surface area contributed by atoms with E-state index in [9.17, 15) is 5.11 Å². The van der Waals surface area contributed by atoms with Crippen molar-refractivity contribution in [3.8, 4) is 17.2 Å². The molecule has 0 saturated heterocycles. The maximum atomic E-state index is 10.0. The lowest BCUT2D eigenvalue weighted by Crippen LogP contribution is -2.23. The van der Waals surface area contributed by atoms with E-state index in [0.29, 0.717) is 18.0 Å². The Kier molecular flexibility index (Phi) is 8.50. The number of halogens is 1. The summed E-state index contributed by atoms with van der Waals surface area (Å²) in [6.07, 6.45) is 0.906. The second kappa shape index (κ2) is 7.99. The highest BCUT2D eigenvalue weighted by Crippen LogP contribution is 2.41. The van der Waals surface area contributed by atoms with Crippen LogP contribution in [0, 0.1) is 0 Å². The average molecular weight is 282 g/mol. The molecule has 1 aliphatic rings. The Morgan fingerprint density at radius 1 is 1.22 bits per heavy atom. The average Bonchev–Trinajstić information content (AvgIpc) is 2.29. The summed E-state index contributed by atoms with van der Waals surface area (Å²) in [7, 11) is 3.10. The second-order valence-electron chi connectivity index (χ2n) is 3.53. The molecule has 106 valence electrons. The van der Waals surface area contributed by atoms with E-state index in [0.717, 1.165) is 24.1 Å². The Balaban J connectivity index is 0. The van der Waals surface area contributed by atoms with Crippen molar-refractivity contribution in [2.45, 2.75) is 13.0 Å². The number of hydrogen-bond donors (Lipinski definition) is 2. The Morgan fingerprint density at radius 2 is 1.89 bits per heavy atom. The minimum atomic E-state index is 0. The van der Waals surface area contributed by atoms with Crippen LogP contribution in [0.1, 0.15) is 11.1 Å². The lowest BCUT2D eigenvalue weighted by molar-refractivity contribution is 0.329. The molecule has 1 aromatic rings. The summed E-state index contributed by atoms with van der Waals surface area (Å²) < 4.78 is 10.3. The highest BCUT2D eigenvalue weighted by Gasteiger charge is 2.20. The topological polar surface area (TPSA) is 114 Å². The minimum Gasteiger partial charge on any atom is -0.504 e. The van der Waals surface area contributed by atoms with Gasteiger partial charge in [-0.05, 0) is 24.6 Å². The van der Waals surface area contributed by atoms with Crippen LogP contribution in [-0.2, 0) is 13.0 Å². The third-order valence-corrected chi connectivity index (χ3v) is 2.71. The van der Waals surface area contributed by atoms with Crippen LogP contribution >= 0.6 is 12.4 Å². The van der Waals surface area contributed by atoms with Gasteiger partial charge in [0.2, 0.25) is 5.75 Å². The van der Waals surface area contributed by atoms with Crippen LogP contribution in [0.2, 0.25) is 0 Å². The fourth-order valence-corrected chi connectivity index (χ4v) is 1.92. The molecule has 2 rings (SSSR count). The van der Waals surface area contributed by atoms with E-state index in [2.05, 4.69) is 5.32 Å². The molecular weight excluding hydrogens is 262 g/mol. The Labute approximate surface area is 112 Å². The van der Waals surface area contributed by atoms with Crippen molar-refractivity contribution in [2.24, 2.45) is 0 Å². The second-order valence-corrected chi connectivity index (χ2v) is 3.53. The maximum absolute atomic E-state index is 10.0. The first-order chi connectivity index (χ1) is 7.27. The van der Waals surface area contributed by atoms with Gasteiger partial charge in [-0.3, -0.25) is 0 Å². The highest BCUT2D eigenvalue weighted by molar-refractivity contribution is 5.85. The first-order valence-corrected chi connectivity index (χ1v) is 4.94. The van der Waals surface area contributed by atoms with Crippen LogP contribution in [0.25, 0.3) is 0 Å². The number of ether oxygens (including phenoxy) is 2. The van der Waals surface area contributed by atoms with Gasteiger partial charge < -0.3 is 30.8 Å². The summed E-state index contributed by atoms with van der Waals surface area (Å²) in [4.78, 5) is 0. The SMILES string of the molecule is COc1cc2c(c(O)c1OC)CNCC2.Cl.O.O. The minimum absolute atomic E-state index is 0. The van der Waals surface area contributed by atoms with Crippen molar-refractivity contribution in [3.05, 3.63) is 17.2 Å². The van der Waals surface area contributed by atoms with Gasteiger partial charge in [0.05, 0.1) is 14.2 Å². The predicted molar refractivity (Wildman–Crippen MR) is 71.1 cm³/mol.